The SMILES string of the molecule is COC(=O)C[C@H]1CSC[C@H]1N. The Labute approximate surface area is 70.7 Å². The minimum Gasteiger partial charge on any atom is -0.469 e. The van der Waals surface area contributed by atoms with E-state index in [2.05, 4.69) is 4.74 Å². The van der Waals surface area contributed by atoms with Gasteiger partial charge in [-0.15, -0.1) is 0 Å². The van der Waals surface area contributed by atoms with Crippen molar-refractivity contribution in [3.05, 3.63) is 0 Å². The molecule has 64 valence electrons. The highest BCUT2D eigenvalue weighted by Gasteiger charge is 2.26. The first-order valence-corrected chi connectivity index (χ1v) is 4.79. The maximum Gasteiger partial charge on any atom is 0.305 e. The van der Waals surface area contributed by atoms with Gasteiger partial charge in [0.2, 0.25) is 0 Å². The Morgan fingerprint density at radius 2 is 2.45 bits per heavy atom. The van der Waals surface area contributed by atoms with Gasteiger partial charge in [-0.2, -0.15) is 11.8 Å². The third-order valence-corrected chi connectivity index (χ3v) is 3.19. The fourth-order valence-electron chi connectivity index (χ4n) is 1.12. The van der Waals surface area contributed by atoms with Gasteiger partial charge >= 0.3 is 5.97 Å². The van der Waals surface area contributed by atoms with Crippen LogP contribution in [0, 0.1) is 5.92 Å². The van der Waals surface area contributed by atoms with Gasteiger partial charge in [-0.25, -0.2) is 0 Å². The molecule has 0 aromatic carbocycles. The van der Waals surface area contributed by atoms with Crippen LogP contribution in [0.4, 0.5) is 0 Å². The number of methoxy groups -OCH3 is 1. The number of ether oxygens (including phenoxy) is 1. The van der Waals surface area contributed by atoms with Gasteiger partial charge in [0, 0.05) is 11.8 Å². The fraction of sp³-hybridized carbons (Fsp3) is 0.857. The minimum atomic E-state index is -0.145. The van der Waals surface area contributed by atoms with E-state index in [0.717, 1.165) is 11.5 Å². The zero-order valence-corrected chi connectivity index (χ0v) is 7.39. The van der Waals surface area contributed by atoms with E-state index in [9.17, 15) is 4.79 Å². The van der Waals surface area contributed by atoms with Crippen LogP contribution in [0.2, 0.25) is 0 Å². The molecule has 0 saturated carbocycles. The number of thioether (sulfide) groups is 1. The molecular formula is C7H13NO2S. The zero-order valence-electron chi connectivity index (χ0n) is 6.58. The van der Waals surface area contributed by atoms with Crippen LogP contribution in [0.1, 0.15) is 6.42 Å². The van der Waals surface area contributed by atoms with Gasteiger partial charge in [0.1, 0.15) is 0 Å². The van der Waals surface area contributed by atoms with Crippen LogP contribution >= 0.6 is 11.8 Å². The third kappa shape index (κ3) is 2.38. The van der Waals surface area contributed by atoms with Crippen LogP contribution in [0.15, 0.2) is 0 Å². The lowest BCUT2D eigenvalue weighted by molar-refractivity contribution is -0.141. The van der Waals surface area contributed by atoms with Gasteiger partial charge in [-0.3, -0.25) is 4.79 Å². The summed E-state index contributed by atoms with van der Waals surface area (Å²) in [7, 11) is 1.41. The van der Waals surface area contributed by atoms with Crippen molar-refractivity contribution in [3.63, 3.8) is 0 Å². The largest absolute Gasteiger partial charge is 0.469 e. The van der Waals surface area contributed by atoms with E-state index in [1.54, 1.807) is 0 Å². The van der Waals surface area contributed by atoms with E-state index in [4.69, 9.17) is 5.73 Å². The van der Waals surface area contributed by atoms with Crippen molar-refractivity contribution in [1.82, 2.24) is 0 Å². The number of nitrogens with two attached hydrogens (primary N) is 1. The second kappa shape index (κ2) is 3.97. The molecule has 0 aliphatic carbocycles. The summed E-state index contributed by atoms with van der Waals surface area (Å²) < 4.78 is 4.56. The zero-order chi connectivity index (χ0) is 8.27. The monoisotopic (exact) mass is 175 g/mol. The molecular weight excluding hydrogens is 162 g/mol. The number of hydrogen-bond donors (Lipinski definition) is 1. The Morgan fingerprint density at radius 1 is 1.73 bits per heavy atom. The molecule has 0 aromatic rings. The van der Waals surface area contributed by atoms with E-state index < -0.39 is 0 Å². The average Bonchev–Trinajstić information content (AvgIpc) is 2.37. The van der Waals surface area contributed by atoms with Gasteiger partial charge in [0.15, 0.2) is 0 Å². The molecule has 1 fully saturated rings. The maximum atomic E-state index is 10.8. The van der Waals surface area contributed by atoms with Crippen molar-refractivity contribution in [3.8, 4) is 0 Å². The Hall–Kier alpha value is -0.220. The lowest BCUT2D eigenvalue weighted by Crippen LogP contribution is -2.30. The number of hydrogen-bond acceptors (Lipinski definition) is 4. The molecule has 0 amide bonds. The first-order valence-electron chi connectivity index (χ1n) is 3.64. The Balaban J connectivity index is 2.30. The number of esters is 1. The summed E-state index contributed by atoms with van der Waals surface area (Å²) in [4.78, 5) is 10.8. The molecule has 1 aliphatic rings. The fourth-order valence-corrected chi connectivity index (χ4v) is 2.47. The second-order valence-electron chi connectivity index (χ2n) is 2.74. The average molecular weight is 175 g/mol. The molecule has 3 nitrogen and oxygen atoms in total. The maximum absolute atomic E-state index is 10.8. The van der Waals surface area contributed by atoms with Gasteiger partial charge in [-0.05, 0) is 11.7 Å². The van der Waals surface area contributed by atoms with Crippen molar-refractivity contribution < 1.29 is 9.53 Å². The summed E-state index contributed by atoms with van der Waals surface area (Å²) in [6.07, 6.45) is 0.477. The first-order chi connectivity index (χ1) is 5.24. The van der Waals surface area contributed by atoms with Gasteiger partial charge in [-0.1, -0.05) is 0 Å². The molecule has 0 aromatic heterocycles. The number of rotatable bonds is 2. The highest BCUT2D eigenvalue weighted by atomic mass is 32.2. The lowest BCUT2D eigenvalue weighted by atomic mass is 10.0. The van der Waals surface area contributed by atoms with Crippen LogP contribution in [-0.2, 0) is 9.53 Å². The lowest BCUT2D eigenvalue weighted by Gasteiger charge is -2.11. The van der Waals surface area contributed by atoms with Crippen molar-refractivity contribution >= 4 is 17.7 Å². The number of carbonyl (C=O) groups is 1. The summed E-state index contributed by atoms with van der Waals surface area (Å²) in [6, 6.07) is 0.180. The van der Waals surface area contributed by atoms with Crippen LogP contribution in [0.3, 0.4) is 0 Å². The Kier molecular flexibility index (Phi) is 3.20. The van der Waals surface area contributed by atoms with Crippen LogP contribution in [0.5, 0.6) is 0 Å². The van der Waals surface area contributed by atoms with Gasteiger partial charge < -0.3 is 10.5 Å². The van der Waals surface area contributed by atoms with Crippen molar-refractivity contribution in [1.29, 1.82) is 0 Å². The molecule has 1 aliphatic heterocycles. The predicted octanol–water partition coefficient (Wildman–Crippen LogP) is 0.240. The Bertz CT molecular complexity index is 151. The summed E-state index contributed by atoms with van der Waals surface area (Å²) in [5.41, 5.74) is 5.75. The highest BCUT2D eigenvalue weighted by molar-refractivity contribution is 7.99. The van der Waals surface area contributed by atoms with E-state index in [1.807, 2.05) is 11.8 Å². The van der Waals surface area contributed by atoms with Gasteiger partial charge in [0.05, 0.1) is 13.5 Å². The van der Waals surface area contributed by atoms with Gasteiger partial charge in [0.25, 0.3) is 0 Å². The molecule has 0 bridgehead atoms. The topological polar surface area (TPSA) is 52.3 Å². The third-order valence-electron chi connectivity index (χ3n) is 1.90. The summed E-state index contributed by atoms with van der Waals surface area (Å²) in [5, 5.41) is 0. The van der Waals surface area contributed by atoms with E-state index >= 15 is 0 Å². The molecule has 4 heteroatoms. The smallest absolute Gasteiger partial charge is 0.305 e. The first kappa shape index (κ1) is 8.87. The molecule has 1 saturated heterocycles. The van der Waals surface area contributed by atoms with Crippen LogP contribution in [0.25, 0.3) is 0 Å². The highest BCUT2D eigenvalue weighted by Crippen LogP contribution is 2.25. The van der Waals surface area contributed by atoms with Crippen LogP contribution in [-0.4, -0.2) is 30.6 Å². The quantitative estimate of drug-likeness (QED) is 0.611. The molecule has 11 heavy (non-hydrogen) atoms. The molecule has 1 rings (SSSR count). The molecule has 2 N–H and O–H groups in total. The summed E-state index contributed by atoms with van der Waals surface area (Å²) in [5.74, 6) is 2.15. The predicted molar refractivity (Wildman–Crippen MR) is 45.4 cm³/mol. The Morgan fingerprint density at radius 3 is 2.91 bits per heavy atom. The minimum absolute atomic E-state index is 0.145. The molecule has 0 spiro atoms. The summed E-state index contributed by atoms with van der Waals surface area (Å²) in [6.45, 7) is 0. The van der Waals surface area contributed by atoms with Crippen molar-refractivity contribution in [2.75, 3.05) is 18.6 Å². The molecule has 0 radical (unpaired) electrons. The molecule has 2 atom stereocenters. The molecule has 0 unspecified atom stereocenters. The summed E-state index contributed by atoms with van der Waals surface area (Å²) >= 11 is 1.81. The van der Waals surface area contributed by atoms with E-state index in [1.165, 1.54) is 7.11 Å². The number of carbonyl (C=O) groups excluding carboxylic acids is 1. The van der Waals surface area contributed by atoms with Crippen LogP contribution < -0.4 is 5.73 Å². The van der Waals surface area contributed by atoms with E-state index in [-0.39, 0.29) is 12.0 Å². The van der Waals surface area contributed by atoms with E-state index in [0.29, 0.717) is 12.3 Å². The van der Waals surface area contributed by atoms with Crippen molar-refractivity contribution in [2.24, 2.45) is 11.7 Å². The standard InChI is InChI=1S/C7H13NO2S/c1-10-7(9)2-5-3-11-4-6(5)8/h5-6H,2-4,8H2,1H3/t5-,6+/m0/s1. The normalized spacial score (nSPS) is 30.4. The van der Waals surface area contributed by atoms with Crippen molar-refractivity contribution in [2.45, 2.75) is 12.5 Å². The molecule has 1 heterocycles. The second-order valence-corrected chi connectivity index (χ2v) is 3.82.